The fourth-order valence-electron chi connectivity index (χ4n) is 7.09. The molecule has 3 N–H and O–H groups in total. The number of rotatable bonds is 5. The van der Waals surface area contributed by atoms with Gasteiger partial charge in [-0.15, -0.1) is 0 Å². The number of nitrogen functional groups attached to an aromatic ring is 1. The maximum absolute atomic E-state index is 14.1. The Kier molecular flexibility index (Phi) is 8.45. The van der Waals surface area contributed by atoms with Gasteiger partial charge in [0, 0.05) is 32.0 Å². The van der Waals surface area contributed by atoms with E-state index in [-0.39, 0.29) is 43.0 Å². The summed E-state index contributed by atoms with van der Waals surface area (Å²) >= 11 is 0. The van der Waals surface area contributed by atoms with Crippen LogP contribution in [0.5, 0.6) is 0 Å². The van der Waals surface area contributed by atoms with E-state index in [1.165, 1.54) is 18.2 Å². The van der Waals surface area contributed by atoms with E-state index in [9.17, 15) is 18.0 Å². The Bertz CT molecular complexity index is 1700. The SMILES string of the molecule is CC1CN(c2nc(C(C)(C)C)c(C3=CC4CCC(C3)N4C(=O)OC(C)(C)C)cc2C(=O)NS(=O)(=O)c2cccc(N)n2)C(C)(C)C1.[HH].[HH]. The Balaban J connectivity index is 0.00000312. The van der Waals surface area contributed by atoms with E-state index >= 15 is 0 Å². The van der Waals surface area contributed by atoms with Crippen LogP contribution in [0.4, 0.5) is 16.4 Å². The zero-order valence-corrected chi connectivity index (χ0v) is 29.3. The molecule has 2 bridgehead atoms. The lowest BCUT2D eigenvalue weighted by atomic mass is 9.82. The van der Waals surface area contributed by atoms with Crippen molar-refractivity contribution in [1.29, 1.82) is 0 Å². The number of ether oxygens (including phenoxy) is 1. The van der Waals surface area contributed by atoms with Crippen molar-refractivity contribution >= 4 is 39.2 Å². The van der Waals surface area contributed by atoms with Crippen LogP contribution in [0.25, 0.3) is 5.57 Å². The molecule has 5 heterocycles. The first kappa shape index (κ1) is 33.7. The Morgan fingerprint density at radius 3 is 2.37 bits per heavy atom. The molecule has 254 valence electrons. The molecule has 11 nitrogen and oxygen atoms in total. The van der Waals surface area contributed by atoms with Gasteiger partial charge < -0.3 is 15.4 Å². The molecule has 0 aromatic carbocycles. The van der Waals surface area contributed by atoms with Crippen LogP contribution in [-0.2, 0) is 20.2 Å². The van der Waals surface area contributed by atoms with Crippen molar-refractivity contribution in [3.63, 3.8) is 0 Å². The predicted octanol–water partition coefficient (Wildman–Crippen LogP) is 6.15. The highest BCUT2D eigenvalue weighted by Crippen LogP contribution is 2.44. The molecule has 0 spiro atoms. The number of pyridine rings is 2. The third kappa shape index (κ3) is 6.72. The van der Waals surface area contributed by atoms with Crippen LogP contribution < -0.4 is 15.4 Å². The molecule has 2 fully saturated rings. The van der Waals surface area contributed by atoms with E-state index in [1.54, 1.807) is 6.07 Å². The van der Waals surface area contributed by atoms with Gasteiger partial charge in [-0.1, -0.05) is 39.8 Å². The van der Waals surface area contributed by atoms with E-state index in [1.807, 2.05) is 25.7 Å². The molecule has 3 atom stereocenters. The van der Waals surface area contributed by atoms with Gasteiger partial charge in [0.2, 0.25) is 0 Å². The molecule has 3 aliphatic rings. The number of nitrogens with two attached hydrogens (primary N) is 1. The fourth-order valence-corrected chi connectivity index (χ4v) is 8.03. The van der Waals surface area contributed by atoms with Crippen LogP contribution in [0.2, 0.25) is 0 Å². The second-order valence-corrected chi connectivity index (χ2v) is 17.3. The monoisotopic (exact) mass is 656 g/mol. The first-order valence-corrected chi connectivity index (χ1v) is 17.5. The molecule has 0 saturated carbocycles. The van der Waals surface area contributed by atoms with Gasteiger partial charge in [0.05, 0.1) is 17.3 Å². The second-order valence-electron chi connectivity index (χ2n) is 15.7. The number of nitrogens with zero attached hydrogens (tertiary/aromatic N) is 4. The number of aromatic nitrogens is 2. The maximum Gasteiger partial charge on any atom is 0.411 e. The summed E-state index contributed by atoms with van der Waals surface area (Å²) in [6.45, 7) is 18.9. The average molecular weight is 657 g/mol. The largest absolute Gasteiger partial charge is 0.444 e. The van der Waals surface area contributed by atoms with Gasteiger partial charge in [0.25, 0.3) is 15.9 Å². The molecule has 5 rings (SSSR count). The Labute approximate surface area is 276 Å². The van der Waals surface area contributed by atoms with Crippen LogP contribution >= 0.6 is 0 Å². The summed E-state index contributed by atoms with van der Waals surface area (Å²) in [6, 6.07) is 5.84. The van der Waals surface area contributed by atoms with Crippen LogP contribution in [0.15, 0.2) is 35.4 Å². The minimum atomic E-state index is -4.34. The van der Waals surface area contributed by atoms with Gasteiger partial charge in [0.15, 0.2) is 5.03 Å². The van der Waals surface area contributed by atoms with Crippen LogP contribution in [0.3, 0.4) is 0 Å². The molecular weight excluding hydrogens is 604 g/mol. The van der Waals surface area contributed by atoms with Crippen molar-refractivity contribution in [3.05, 3.63) is 47.2 Å². The number of sulfonamides is 1. The number of fused-ring (bicyclic) bond motifs is 2. The highest BCUT2D eigenvalue weighted by Gasteiger charge is 2.44. The summed E-state index contributed by atoms with van der Waals surface area (Å²) in [5.41, 5.74) is 7.17. The van der Waals surface area contributed by atoms with Gasteiger partial charge in [-0.3, -0.25) is 9.69 Å². The molecule has 2 aromatic heterocycles. The average Bonchev–Trinajstić information content (AvgIpc) is 3.35. The summed E-state index contributed by atoms with van der Waals surface area (Å²) < 4.78 is 34.7. The lowest BCUT2D eigenvalue weighted by molar-refractivity contribution is 0.0175. The zero-order valence-electron chi connectivity index (χ0n) is 28.5. The van der Waals surface area contributed by atoms with Gasteiger partial charge >= 0.3 is 6.09 Å². The summed E-state index contributed by atoms with van der Waals surface area (Å²) in [5, 5.41) is -0.342. The first-order valence-electron chi connectivity index (χ1n) is 16.0. The van der Waals surface area contributed by atoms with E-state index < -0.39 is 26.9 Å². The number of carbonyl (C=O) groups excluding carboxylic acids is 2. The lowest BCUT2D eigenvalue weighted by Crippen LogP contribution is -2.45. The number of hydrogen-bond donors (Lipinski definition) is 2. The van der Waals surface area contributed by atoms with Crippen molar-refractivity contribution in [2.24, 2.45) is 5.92 Å². The Hall–Kier alpha value is -3.67. The molecule has 2 aromatic rings. The summed E-state index contributed by atoms with van der Waals surface area (Å²) in [4.78, 5) is 40.4. The molecule has 46 heavy (non-hydrogen) atoms. The highest BCUT2D eigenvalue weighted by molar-refractivity contribution is 7.90. The molecule has 2 amide bonds. The third-order valence-corrected chi connectivity index (χ3v) is 10.1. The highest BCUT2D eigenvalue weighted by atomic mass is 32.2. The zero-order chi connectivity index (χ0) is 34.0. The number of nitrogens with one attached hydrogen (secondary N) is 1. The van der Waals surface area contributed by atoms with Gasteiger partial charge in [0.1, 0.15) is 17.2 Å². The maximum atomic E-state index is 14.1. The van der Waals surface area contributed by atoms with Crippen molar-refractivity contribution < 1.29 is 25.6 Å². The van der Waals surface area contributed by atoms with Crippen LogP contribution in [0.1, 0.15) is 112 Å². The molecule has 2 saturated heterocycles. The molecule has 3 aliphatic heterocycles. The minimum Gasteiger partial charge on any atom is -0.444 e. The van der Waals surface area contributed by atoms with Gasteiger partial charge in [-0.2, -0.15) is 8.42 Å². The quantitative estimate of drug-likeness (QED) is 0.387. The lowest BCUT2D eigenvalue weighted by Gasteiger charge is -2.37. The Morgan fingerprint density at radius 1 is 1.11 bits per heavy atom. The summed E-state index contributed by atoms with van der Waals surface area (Å²) in [6.07, 6.45) is 4.87. The van der Waals surface area contributed by atoms with E-state index in [0.717, 1.165) is 36.1 Å². The smallest absolute Gasteiger partial charge is 0.411 e. The standard InChI is InChI=1S/C34H48N6O5S.2H2/c1-20-18-34(8,9)39(19-20)29-25(30(41)38-46(43,44)27-12-10-11-26(35)36-27)17-24(28(37-29)32(2,3)4)21-15-22-13-14-23(16-21)40(22)31(42)45-33(5,6)7;;/h10-12,15,17,20,22-23H,13-14,16,18-19H2,1-9H3,(H2,35,36)(H,38,41);2*1H. The van der Waals surface area contributed by atoms with E-state index in [4.69, 9.17) is 15.5 Å². The minimum absolute atomic E-state index is 0. The topological polar surface area (TPSA) is 148 Å². The van der Waals surface area contributed by atoms with Crippen molar-refractivity contribution in [1.82, 2.24) is 19.6 Å². The van der Waals surface area contributed by atoms with Crippen LogP contribution in [0, 0.1) is 5.92 Å². The molecule has 3 unspecified atom stereocenters. The number of carbonyl (C=O) groups is 2. The van der Waals surface area contributed by atoms with E-state index in [2.05, 4.69) is 62.2 Å². The molecule has 12 heteroatoms. The molecule has 0 radical (unpaired) electrons. The second kappa shape index (κ2) is 11.5. The third-order valence-electron chi connectivity index (χ3n) is 8.88. The van der Waals surface area contributed by atoms with Crippen molar-refractivity contribution in [2.75, 3.05) is 17.2 Å². The first-order chi connectivity index (χ1) is 21.2. The predicted molar refractivity (Wildman–Crippen MR) is 183 cm³/mol. The summed E-state index contributed by atoms with van der Waals surface area (Å²) in [7, 11) is -4.34. The fraction of sp³-hybridized carbons (Fsp3) is 0.588. The molecule has 0 aliphatic carbocycles. The van der Waals surface area contributed by atoms with Gasteiger partial charge in [-0.05, 0) is 90.0 Å². The normalized spacial score (nSPS) is 22.9. The van der Waals surface area contributed by atoms with E-state index in [0.29, 0.717) is 24.7 Å². The Morgan fingerprint density at radius 2 is 1.80 bits per heavy atom. The number of hydrogen-bond acceptors (Lipinski definition) is 9. The number of anilines is 2. The van der Waals surface area contributed by atoms with Crippen molar-refractivity contribution in [2.45, 2.75) is 122 Å². The molecular formula is C34H52N6O5S. The van der Waals surface area contributed by atoms with Crippen LogP contribution in [-0.4, -0.2) is 65.1 Å². The van der Waals surface area contributed by atoms with Gasteiger partial charge in [-0.25, -0.2) is 19.5 Å². The number of amides is 2. The van der Waals surface area contributed by atoms with Crippen molar-refractivity contribution in [3.8, 4) is 0 Å². The summed E-state index contributed by atoms with van der Waals surface area (Å²) in [5.74, 6) is 0.0346.